The van der Waals surface area contributed by atoms with Gasteiger partial charge in [0.25, 0.3) is 11.6 Å². The van der Waals surface area contributed by atoms with E-state index in [1.54, 1.807) is 36.4 Å². The molecule has 0 spiro atoms. The molecular formula is C27H17BrClN3O6. The van der Waals surface area contributed by atoms with E-state index in [1.165, 1.54) is 23.3 Å². The van der Waals surface area contributed by atoms with Crippen molar-refractivity contribution in [1.29, 1.82) is 0 Å². The van der Waals surface area contributed by atoms with Gasteiger partial charge in [-0.25, -0.2) is 9.96 Å². The van der Waals surface area contributed by atoms with Gasteiger partial charge in [-0.1, -0.05) is 45.7 Å². The smallest absolute Gasteiger partial charge is 0.270 e. The molecule has 38 heavy (non-hydrogen) atoms. The van der Waals surface area contributed by atoms with Crippen molar-refractivity contribution in [1.82, 2.24) is 0 Å². The molecule has 2 amide bonds. The van der Waals surface area contributed by atoms with Gasteiger partial charge in [-0.2, -0.15) is 0 Å². The van der Waals surface area contributed by atoms with Crippen LogP contribution in [0.15, 0.2) is 93.8 Å². The van der Waals surface area contributed by atoms with Crippen LogP contribution in [-0.4, -0.2) is 22.8 Å². The van der Waals surface area contributed by atoms with E-state index in [1.807, 2.05) is 30.3 Å². The Kier molecular flexibility index (Phi) is 6.02. The second-order valence-corrected chi connectivity index (χ2v) is 10.1. The summed E-state index contributed by atoms with van der Waals surface area (Å²) in [5.41, 5.74) is 1.41. The Morgan fingerprint density at radius 1 is 0.895 bits per heavy atom. The number of hydrogen-bond donors (Lipinski definition) is 0. The summed E-state index contributed by atoms with van der Waals surface area (Å²) in [4.78, 5) is 45.0. The summed E-state index contributed by atoms with van der Waals surface area (Å²) in [5, 5.41) is 12.8. The lowest BCUT2D eigenvalue weighted by Crippen LogP contribution is -2.37. The van der Waals surface area contributed by atoms with Crippen molar-refractivity contribution in [3.8, 4) is 11.3 Å². The van der Waals surface area contributed by atoms with Gasteiger partial charge in [0.2, 0.25) is 5.91 Å². The molecule has 2 aliphatic heterocycles. The number of carbonyl (C=O) groups excluding carboxylic acids is 2. The van der Waals surface area contributed by atoms with E-state index in [4.69, 9.17) is 20.9 Å². The standard InChI is InChI=1S/C27H17BrClN3O6/c28-15-6-8-16(9-7-15)30-26(33)23-24(31(38-25(23)27(30)34)17-4-2-1-3-5-17)22-13-12-21(37-22)19-11-10-18(32(35)36)14-20(19)29/h1-14,23-25H/t23-,24+,25-/m1/s1. The summed E-state index contributed by atoms with van der Waals surface area (Å²) >= 11 is 9.69. The average Bonchev–Trinajstić information content (AvgIpc) is 3.60. The number of anilines is 2. The van der Waals surface area contributed by atoms with E-state index in [0.717, 1.165) is 9.37 Å². The maximum Gasteiger partial charge on any atom is 0.270 e. The van der Waals surface area contributed by atoms with Crippen LogP contribution in [0.25, 0.3) is 11.3 Å². The largest absolute Gasteiger partial charge is 0.459 e. The normalized spacial score (nSPS) is 20.7. The van der Waals surface area contributed by atoms with Crippen molar-refractivity contribution < 1.29 is 23.8 Å². The molecule has 2 saturated heterocycles. The van der Waals surface area contributed by atoms with E-state index in [-0.39, 0.29) is 10.7 Å². The van der Waals surface area contributed by atoms with Crippen molar-refractivity contribution in [2.24, 2.45) is 5.92 Å². The van der Waals surface area contributed by atoms with Gasteiger partial charge in [0.1, 0.15) is 23.5 Å². The van der Waals surface area contributed by atoms with Crippen LogP contribution < -0.4 is 9.96 Å². The third kappa shape index (κ3) is 3.97. The Morgan fingerprint density at radius 3 is 2.32 bits per heavy atom. The van der Waals surface area contributed by atoms with E-state index in [0.29, 0.717) is 28.5 Å². The number of nitrogens with zero attached hydrogens (tertiary/aromatic N) is 3. The minimum atomic E-state index is -1.05. The zero-order chi connectivity index (χ0) is 26.6. The molecule has 4 aromatic rings. The SMILES string of the molecule is O=C1[C@H]2[C@@H](ON(c3ccccc3)[C@H]2c2ccc(-c3ccc([N+](=O)[O-])cc3Cl)o2)C(=O)N1c1ccc(Br)cc1. The number of para-hydroxylation sites is 1. The molecule has 190 valence electrons. The molecule has 0 radical (unpaired) electrons. The summed E-state index contributed by atoms with van der Waals surface area (Å²) in [6, 6.07) is 22.7. The highest BCUT2D eigenvalue weighted by molar-refractivity contribution is 9.10. The highest BCUT2D eigenvalue weighted by Gasteiger charge is 2.61. The monoisotopic (exact) mass is 593 g/mol. The Balaban J connectivity index is 1.41. The lowest BCUT2D eigenvalue weighted by atomic mass is 9.94. The molecule has 3 atom stereocenters. The maximum atomic E-state index is 13.7. The van der Waals surface area contributed by atoms with Gasteiger partial charge >= 0.3 is 0 Å². The number of nitro groups is 1. The first kappa shape index (κ1) is 24.4. The van der Waals surface area contributed by atoms with Gasteiger partial charge < -0.3 is 4.42 Å². The average molecular weight is 595 g/mol. The lowest BCUT2D eigenvalue weighted by molar-refractivity contribution is -0.384. The van der Waals surface area contributed by atoms with Crippen LogP contribution in [0.3, 0.4) is 0 Å². The summed E-state index contributed by atoms with van der Waals surface area (Å²) < 4.78 is 6.99. The Morgan fingerprint density at radius 2 is 1.63 bits per heavy atom. The van der Waals surface area contributed by atoms with Crippen molar-refractivity contribution >= 4 is 56.4 Å². The van der Waals surface area contributed by atoms with Crippen LogP contribution >= 0.6 is 27.5 Å². The van der Waals surface area contributed by atoms with Gasteiger partial charge in [-0.3, -0.25) is 24.5 Å². The fraction of sp³-hybridized carbons (Fsp3) is 0.111. The number of benzene rings is 3. The number of amides is 2. The maximum absolute atomic E-state index is 13.7. The number of hydroxylamine groups is 1. The van der Waals surface area contributed by atoms with Gasteiger partial charge in [-0.15, -0.1) is 0 Å². The molecule has 0 bridgehead atoms. The first-order valence-electron chi connectivity index (χ1n) is 11.5. The third-order valence-corrected chi connectivity index (χ3v) is 7.40. The fourth-order valence-electron chi connectivity index (χ4n) is 4.82. The van der Waals surface area contributed by atoms with Crippen molar-refractivity contribution in [3.05, 3.63) is 110 Å². The van der Waals surface area contributed by atoms with Crippen molar-refractivity contribution in [2.45, 2.75) is 12.1 Å². The summed E-state index contributed by atoms with van der Waals surface area (Å²) in [6.45, 7) is 0. The Hall–Kier alpha value is -3.99. The zero-order valence-electron chi connectivity index (χ0n) is 19.4. The molecular weight excluding hydrogens is 578 g/mol. The lowest BCUT2D eigenvalue weighted by Gasteiger charge is -2.27. The molecule has 0 N–H and O–H groups in total. The topological polar surface area (TPSA) is 106 Å². The Labute approximate surface area is 229 Å². The molecule has 3 aromatic carbocycles. The van der Waals surface area contributed by atoms with Crippen molar-refractivity contribution in [2.75, 3.05) is 9.96 Å². The predicted molar refractivity (Wildman–Crippen MR) is 142 cm³/mol. The van der Waals surface area contributed by atoms with Crippen LogP contribution in [-0.2, 0) is 14.4 Å². The first-order chi connectivity index (χ1) is 18.3. The molecule has 2 fully saturated rings. The highest BCUT2D eigenvalue weighted by atomic mass is 79.9. The number of non-ortho nitro benzene ring substituents is 1. The quantitative estimate of drug-likeness (QED) is 0.151. The molecule has 1 aromatic heterocycles. The van der Waals surface area contributed by atoms with Gasteiger partial charge in [-0.05, 0) is 54.6 Å². The second-order valence-electron chi connectivity index (χ2n) is 8.77. The van der Waals surface area contributed by atoms with Crippen LogP contribution in [0.1, 0.15) is 11.8 Å². The number of furan rings is 1. The van der Waals surface area contributed by atoms with E-state index < -0.39 is 34.8 Å². The van der Waals surface area contributed by atoms with Crippen LogP contribution in [0.5, 0.6) is 0 Å². The molecule has 11 heteroatoms. The van der Waals surface area contributed by atoms with E-state index in [9.17, 15) is 19.7 Å². The highest BCUT2D eigenvalue weighted by Crippen LogP contribution is 2.48. The molecule has 6 rings (SSSR count). The summed E-state index contributed by atoms with van der Waals surface area (Å²) in [6.07, 6.45) is -1.05. The minimum absolute atomic E-state index is 0.143. The Bertz CT molecular complexity index is 1580. The molecule has 0 aliphatic carbocycles. The number of carbonyl (C=O) groups is 2. The first-order valence-corrected chi connectivity index (χ1v) is 12.7. The van der Waals surface area contributed by atoms with Gasteiger partial charge in [0.05, 0.1) is 21.3 Å². The summed E-state index contributed by atoms with van der Waals surface area (Å²) in [7, 11) is 0. The molecule has 0 saturated carbocycles. The number of rotatable bonds is 5. The third-order valence-electron chi connectivity index (χ3n) is 6.56. The van der Waals surface area contributed by atoms with Gasteiger partial charge in [0.15, 0.2) is 6.10 Å². The molecule has 9 nitrogen and oxygen atoms in total. The molecule has 2 aliphatic rings. The minimum Gasteiger partial charge on any atom is -0.459 e. The van der Waals surface area contributed by atoms with Crippen LogP contribution in [0.2, 0.25) is 5.02 Å². The summed E-state index contributed by atoms with van der Waals surface area (Å²) in [5.74, 6) is -1.01. The zero-order valence-corrected chi connectivity index (χ0v) is 21.7. The van der Waals surface area contributed by atoms with E-state index in [2.05, 4.69) is 15.9 Å². The number of halogens is 2. The second kappa shape index (κ2) is 9.39. The van der Waals surface area contributed by atoms with Crippen LogP contribution in [0, 0.1) is 16.0 Å². The van der Waals surface area contributed by atoms with Gasteiger partial charge in [0, 0.05) is 22.2 Å². The molecule has 0 unspecified atom stereocenters. The number of fused-ring (bicyclic) bond motifs is 1. The predicted octanol–water partition coefficient (Wildman–Crippen LogP) is 6.32. The number of hydrogen-bond acceptors (Lipinski definition) is 7. The molecule has 3 heterocycles. The van der Waals surface area contributed by atoms with E-state index >= 15 is 0 Å². The number of nitro benzene ring substituents is 1. The van der Waals surface area contributed by atoms with Crippen molar-refractivity contribution in [3.63, 3.8) is 0 Å². The number of imide groups is 1. The van der Waals surface area contributed by atoms with Crippen LogP contribution in [0.4, 0.5) is 17.1 Å². The fourth-order valence-corrected chi connectivity index (χ4v) is 5.35.